The Morgan fingerprint density at radius 2 is 2.13 bits per heavy atom. The van der Waals surface area contributed by atoms with Gasteiger partial charge in [-0.25, -0.2) is 0 Å². The number of ether oxygens (including phenoxy) is 1. The molecule has 1 fully saturated rings. The highest BCUT2D eigenvalue weighted by Crippen LogP contribution is 2.51. The van der Waals surface area contributed by atoms with Crippen LogP contribution in [-0.2, 0) is 11.2 Å². The third-order valence-electron chi connectivity index (χ3n) is 5.21. The van der Waals surface area contributed by atoms with Crippen LogP contribution in [0.1, 0.15) is 32.9 Å². The zero-order valence-electron chi connectivity index (χ0n) is 14.7. The van der Waals surface area contributed by atoms with E-state index in [-0.39, 0.29) is 35.0 Å². The van der Waals surface area contributed by atoms with Crippen LogP contribution in [0, 0.1) is 5.41 Å². The number of hydrogen-bond donors (Lipinski definition) is 2. The lowest BCUT2D eigenvalue weighted by molar-refractivity contribution is -0.176. The fourth-order valence-electron chi connectivity index (χ4n) is 2.94. The number of rotatable bonds is 5. The summed E-state index contributed by atoms with van der Waals surface area (Å²) in [5.74, 6) is 0.840. The number of aromatic nitrogens is 1. The van der Waals surface area contributed by atoms with Crippen molar-refractivity contribution in [1.29, 1.82) is 0 Å². The van der Waals surface area contributed by atoms with Crippen molar-refractivity contribution < 1.29 is 4.74 Å². The lowest BCUT2D eigenvalue weighted by Crippen LogP contribution is -2.69. The number of guanidine groups is 1. The van der Waals surface area contributed by atoms with Crippen LogP contribution in [0.2, 0.25) is 0 Å². The normalized spacial score (nSPS) is 26.0. The first-order chi connectivity index (χ1) is 10.4. The van der Waals surface area contributed by atoms with Crippen molar-refractivity contribution >= 4 is 29.9 Å². The summed E-state index contributed by atoms with van der Waals surface area (Å²) in [5, 5.41) is 6.87. The van der Waals surface area contributed by atoms with Crippen molar-refractivity contribution in [1.82, 2.24) is 15.6 Å². The predicted molar refractivity (Wildman–Crippen MR) is 105 cm³/mol. The van der Waals surface area contributed by atoms with Crippen molar-refractivity contribution in [2.75, 3.05) is 20.7 Å². The van der Waals surface area contributed by atoms with Crippen molar-refractivity contribution in [2.45, 2.75) is 45.3 Å². The number of nitrogens with zero attached hydrogens (tertiary/aromatic N) is 2. The smallest absolute Gasteiger partial charge is 0.191 e. The zero-order valence-corrected chi connectivity index (χ0v) is 17.0. The lowest BCUT2D eigenvalue weighted by atomic mass is 9.56. The highest BCUT2D eigenvalue weighted by Gasteiger charge is 2.57. The lowest BCUT2D eigenvalue weighted by Gasteiger charge is -2.59. The monoisotopic (exact) mass is 432 g/mol. The standard InChI is InChI=1S/C17H28N4O.HI/c1-16(2)14(12-17(16,3)22-5)21-15(18-4)20-11-9-13-8-6-7-10-19-13;/h6-8,10,14H,9,11-12H2,1-5H3,(H2,18,20,21);1H. The van der Waals surface area contributed by atoms with Gasteiger partial charge in [0.2, 0.25) is 0 Å². The van der Waals surface area contributed by atoms with Gasteiger partial charge >= 0.3 is 0 Å². The maximum Gasteiger partial charge on any atom is 0.191 e. The SMILES string of the molecule is CN=C(NCCc1ccccn1)NC1CC(C)(OC)C1(C)C.I. The highest BCUT2D eigenvalue weighted by molar-refractivity contribution is 14.0. The highest BCUT2D eigenvalue weighted by atomic mass is 127. The van der Waals surface area contributed by atoms with Crippen LogP contribution in [0.4, 0.5) is 0 Å². The van der Waals surface area contributed by atoms with Gasteiger partial charge in [0.15, 0.2) is 5.96 Å². The van der Waals surface area contributed by atoms with Crippen LogP contribution in [0.25, 0.3) is 0 Å². The molecule has 0 aliphatic heterocycles. The summed E-state index contributed by atoms with van der Waals surface area (Å²) < 4.78 is 5.66. The van der Waals surface area contributed by atoms with E-state index in [0.29, 0.717) is 6.04 Å². The molecule has 0 spiro atoms. The maximum absolute atomic E-state index is 5.66. The van der Waals surface area contributed by atoms with Gasteiger partial charge in [-0.05, 0) is 25.5 Å². The van der Waals surface area contributed by atoms with Gasteiger partial charge in [-0.2, -0.15) is 0 Å². The van der Waals surface area contributed by atoms with Crippen LogP contribution in [0.3, 0.4) is 0 Å². The minimum absolute atomic E-state index is 0. The fraction of sp³-hybridized carbons (Fsp3) is 0.647. The van der Waals surface area contributed by atoms with E-state index in [1.54, 1.807) is 14.2 Å². The van der Waals surface area contributed by atoms with Crippen molar-refractivity contribution in [2.24, 2.45) is 10.4 Å². The third kappa shape index (κ3) is 4.35. The van der Waals surface area contributed by atoms with Crippen LogP contribution in [0.15, 0.2) is 29.4 Å². The molecule has 0 bridgehead atoms. The zero-order chi connectivity index (χ0) is 16.2. The van der Waals surface area contributed by atoms with Crippen LogP contribution in [-0.4, -0.2) is 43.3 Å². The van der Waals surface area contributed by atoms with Crippen LogP contribution in [0.5, 0.6) is 0 Å². The quantitative estimate of drug-likeness (QED) is 0.427. The molecular formula is C17H29IN4O. The van der Waals surface area contributed by atoms with Gasteiger partial charge in [0.05, 0.1) is 5.60 Å². The van der Waals surface area contributed by atoms with E-state index in [2.05, 4.69) is 41.4 Å². The Morgan fingerprint density at radius 1 is 1.39 bits per heavy atom. The summed E-state index contributed by atoms with van der Waals surface area (Å²) in [7, 11) is 3.59. The molecule has 0 radical (unpaired) electrons. The van der Waals surface area contributed by atoms with E-state index in [4.69, 9.17) is 4.74 Å². The van der Waals surface area contributed by atoms with Crippen molar-refractivity contribution in [3.05, 3.63) is 30.1 Å². The molecule has 1 saturated carbocycles. The molecule has 1 aromatic rings. The molecule has 1 heterocycles. The van der Waals surface area contributed by atoms with E-state index < -0.39 is 0 Å². The molecule has 2 rings (SSSR count). The molecule has 1 aromatic heterocycles. The molecule has 0 saturated heterocycles. The number of aliphatic imine (C=N–C) groups is 1. The number of hydrogen-bond acceptors (Lipinski definition) is 3. The largest absolute Gasteiger partial charge is 0.378 e. The summed E-state index contributed by atoms with van der Waals surface area (Å²) in [6, 6.07) is 6.34. The molecule has 2 atom stereocenters. The molecule has 1 aliphatic carbocycles. The first-order valence-electron chi connectivity index (χ1n) is 7.85. The van der Waals surface area contributed by atoms with E-state index in [0.717, 1.165) is 31.0 Å². The van der Waals surface area contributed by atoms with Gasteiger partial charge in [0.25, 0.3) is 0 Å². The predicted octanol–water partition coefficient (Wildman–Crippen LogP) is 2.61. The van der Waals surface area contributed by atoms with Gasteiger partial charge in [-0.3, -0.25) is 9.98 Å². The Hall–Kier alpha value is -0.890. The second-order valence-corrected chi connectivity index (χ2v) is 6.63. The van der Waals surface area contributed by atoms with Crippen molar-refractivity contribution in [3.8, 4) is 0 Å². The summed E-state index contributed by atoms with van der Waals surface area (Å²) in [4.78, 5) is 8.64. The second kappa shape index (κ2) is 8.28. The Bertz CT molecular complexity index is 521. The van der Waals surface area contributed by atoms with Gasteiger partial charge < -0.3 is 15.4 Å². The summed E-state index contributed by atoms with van der Waals surface area (Å²) in [5.41, 5.74) is 1.08. The third-order valence-corrected chi connectivity index (χ3v) is 5.21. The Morgan fingerprint density at radius 3 is 2.65 bits per heavy atom. The number of pyridine rings is 1. The Labute approximate surface area is 156 Å². The van der Waals surface area contributed by atoms with E-state index in [9.17, 15) is 0 Å². The second-order valence-electron chi connectivity index (χ2n) is 6.63. The van der Waals surface area contributed by atoms with Gasteiger partial charge in [-0.1, -0.05) is 19.9 Å². The summed E-state index contributed by atoms with van der Waals surface area (Å²) >= 11 is 0. The van der Waals surface area contributed by atoms with Gasteiger partial charge in [0, 0.05) is 50.5 Å². The van der Waals surface area contributed by atoms with E-state index in [1.807, 2.05) is 24.4 Å². The topological polar surface area (TPSA) is 58.5 Å². The maximum atomic E-state index is 5.66. The molecule has 5 nitrogen and oxygen atoms in total. The molecule has 1 aliphatic rings. The molecule has 0 aromatic carbocycles. The molecule has 0 amide bonds. The Kier molecular flexibility index (Phi) is 7.26. The molecule has 23 heavy (non-hydrogen) atoms. The Balaban J connectivity index is 0.00000264. The molecule has 130 valence electrons. The van der Waals surface area contributed by atoms with E-state index in [1.165, 1.54) is 0 Å². The summed E-state index contributed by atoms with van der Waals surface area (Å²) in [6.07, 6.45) is 3.69. The first kappa shape index (κ1) is 20.2. The number of methoxy groups -OCH3 is 1. The first-order valence-corrected chi connectivity index (χ1v) is 7.85. The number of nitrogens with one attached hydrogen (secondary N) is 2. The molecular weight excluding hydrogens is 403 g/mol. The van der Waals surface area contributed by atoms with Crippen LogP contribution < -0.4 is 10.6 Å². The molecule has 2 N–H and O–H groups in total. The van der Waals surface area contributed by atoms with Crippen LogP contribution >= 0.6 is 24.0 Å². The average Bonchev–Trinajstić information content (AvgIpc) is 2.53. The van der Waals surface area contributed by atoms with Gasteiger partial charge in [0.1, 0.15) is 0 Å². The molecule has 6 heteroatoms. The average molecular weight is 432 g/mol. The fourth-order valence-corrected chi connectivity index (χ4v) is 2.94. The summed E-state index contributed by atoms with van der Waals surface area (Å²) in [6.45, 7) is 7.45. The molecule has 2 unspecified atom stereocenters. The minimum Gasteiger partial charge on any atom is -0.378 e. The minimum atomic E-state index is -0.0719. The van der Waals surface area contributed by atoms with E-state index >= 15 is 0 Å². The number of halogens is 1. The van der Waals surface area contributed by atoms with Crippen molar-refractivity contribution in [3.63, 3.8) is 0 Å². The van der Waals surface area contributed by atoms with Gasteiger partial charge in [-0.15, -0.1) is 24.0 Å².